The Balaban J connectivity index is 1.39. The summed E-state index contributed by atoms with van der Waals surface area (Å²) >= 11 is 0. The number of nitrogens with one attached hydrogen (secondary N) is 1. The van der Waals surface area contributed by atoms with Gasteiger partial charge in [0.2, 0.25) is 10.0 Å². The lowest BCUT2D eigenvalue weighted by molar-refractivity contribution is 0.0662. The number of ether oxygens (including phenoxy) is 1. The summed E-state index contributed by atoms with van der Waals surface area (Å²) < 4.78 is 63.6. The van der Waals surface area contributed by atoms with Gasteiger partial charge in [-0.2, -0.15) is 10.2 Å². The van der Waals surface area contributed by atoms with Crippen molar-refractivity contribution in [1.82, 2.24) is 24.4 Å². The molecule has 1 N–H and O–H groups in total. The molecule has 1 aliphatic heterocycles. The van der Waals surface area contributed by atoms with Gasteiger partial charge < -0.3 is 4.74 Å². The number of aromatic nitrogens is 5. The molecule has 1 saturated heterocycles. The highest BCUT2D eigenvalue weighted by atomic mass is 32.2. The van der Waals surface area contributed by atoms with E-state index in [2.05, 4.69) is 19.9 Å². The maximum atomic E-state index is 14.6. The van der Waals surface area contributed by atoms with Crippen LogP contribution in [0.4, 0.5) is 14.5 Å². The van der Waals surface area contributed by atoms with E-state index in [1.54, 1.807) is 29.2 Å². The van der Waals surface area contributed by atoms with E-state index >= 15 is 0 Å². The average Bonchev–Trinajstić information content (AvgIpc) is 3.55. The molecular formula is C27H24F2N6O3S. The van der Waals surface area contributed by atoms with Gasteiger partial charge in [-0.1, -0.05) is 0 Å². The van der Waals surface area contributed by atoms with E-state index in [0.717, 1.165) is 42.3 Å². The number of pyridine rings is 1. The van der Waals surface area contributed by atoms with Crippen molar-refractivity contribution in [3.05, 3.63) is 78.9 Å². The van der Waals surface area contributed by atoms with Crippen LogP contribution in [0.25, 0.3) is 39.2 Å². The first kappa shape index (κ1) is 25.1. The fourth-order valence-corrected chi connectivity index (χ4v) is 5.35. The van der Waals surface area contributed by atoms with E-state index in [1.807, 2.05) is 23.0 Å². The lowest BCUT2D eigenvalue weighted by atomic mass is 9.98. The first-order valence-electron chi connectivity index (χ1n) is 12.3. The predicted octanol–water partition coefficient (Wildman–Crippen LogP) is 4.93. The molecular weight excluding hydrogens is 526 g/mol. The second-order valence-corrected chi connectivity index (χ2v) is 11.2. The molecule has 4 heterocycles. The van der Waals surface area contributed by atoms with E-state index in [1.165, 1.54) is 12.1 Å². The smallest absolute Gasteiger partial charge is 0.229 e. The van der Waals surface area contributed by atoms with Gasteiger partial charge in [0, 0.05) is 47.9 Å². The van der Waals surface area contributed by atoms with Crippen LogP contribution in [0.15, 0.2) is 67.3 Å². The van der Waals surface area contributed by atoms with Gasteiger partial charge in [0.1, 0.15) is 18.0 Å². The highest BCUT2D eigenvalue weighted by Crippen LogP contribution is 2.34. The Bertz CT molecular complexity index is 1790. The van der Waals surface area contributed by atoms with Crippen LogP contribution >= 0.6 is 0 Å². The molecule has 5 aromatic rings. The van der Waals surface area contributed by atoms with Gasteiger partial charge in [-0.15, -0.1) is 0 Å². The first-order valence-corrected chi connectivity index (χ1v) is 14.2. The van der Waals surface area contributed by atoms with Crippen molar-refractivity contribution in [2.45, 2.75) is 18.9 Å². The van der Waals surface area contributed by atoms with Crippen LogP contribution in [0.3, 0.4) is 0 Å². The zero-order chi connectivity index (χ0) is 27.1. The number of halogens is 2. The van der Waals surface area contributed by atoms with Crippen LogP contribution in [-0.2, 0) is 14.8 Å². The minimum absolute atomic E-state index is 0.139. The molecule has 1 aliphatic rings. The monoisotopic (exact) mass is 550 g/mol. The Morgan fingerprint density at radius 3 is 2.49 bits per heavy atom. The fraction of sp³-hybridized carbons (Fsp3) is 0.222. The predicted molar refractivity (Wildman–Crippen MR) is 143 cm³/mol. The number of hydrogen-bond acceptors (Lipinski definition) is 6. The Hall–Kier alpha value is -4.16. The van der Waals surface area contributed by atoms with Crippen LogP contribution in [-0.4, -0.2) is 52.3 Å². The third-order valence-electron chi connectivity index (χ3n) is 6.64. The van der Waals surface area contributed by atoms with Crippen molar-refractivity contribution in [1.29, 1.82) is 0 Å². The Morgan fingerprint density at radius 2 is 1.74 bits per heavy atom. The van der Waals surface area contributed by atoms with Gasteiger partial charge >= 0.3 is 0 Å². The number of fused-ring (bicyclic) bond motifs is 1. The molecule has 0 saturated carbocycles. The van der Waals surface area contributed by atoms with Crippen molar-refractivity contribution in [3.8, 4) is 33.6 Å². The molecule has 0 amide bonds. The maximum absolute atomic E-state index is 14.6. The second kappa shape index (κ2) is 9.86. The number of anilines is 1. The molecule has 1 fully saturated rings. The number of sulfonamides is 1. The zero-order valence-electron chi connectivity index (χ0n) is 20.9. The Morgan fingerprint density at radius 1 is 0.974 bits per heavy atom. The molecule has 0 spiro atoms. The maximum Gasteiger partial charge on any atom is 0.229 e. The topological polar surface area (TPSA) is 103 Å². The summed E-state index contributed by atoms with van der Waals surface area (Å²) in [5.74, 6) is -0.879. The van der Waals surface area contributed by atoms with E-state index in [-0.39, 0.29) is 17.3 Å². The number of benzene rings is 2. The van der Waals surface area contributed by atoms with Gasteiger partial charge in [0.15, 0.2) is 5.82 Å². The van der Waals surface area contributed by atoms with Crippen LogP contribution in [0.1, 0.15) is 18.9 Å². The summed E-state index contributed by atoms with van der Waals surface area (Å²) in [7, 11) is -3.61. The average molecular weight is 551 g/mol. The lowest BCUT2D eigenvalue weighted by Crippen LogP contribution is -2.19. The fourth-order valence-electron chi connectivity index (χ4n) is 4.81. The molecule has 6 rings (SSSR count). The quantitative estimate of drug-likeness (QED) is 0.322. The van der Waals surface area contributed by atoms with Crippen molar-refractivity contribution < 1.29 is 21.9 Å². The number of rotatable bonds is 6. The molecule has 0 unspecified atom stereocenters. The molecule has 0 atom stereocenters. The third kappa shape index (κ3) is 5.25. The van der Waals surface area contributed by atoms with Gasteiger partial charge in [-0.05, 0) is 66.4 Å². The summed E-state index contributed by atoms with van der Waals surface area (Å²) in [6.07, 6.45) is 8.02. The van der Waals surface area contributed by atoms with Crippen LogP contribution < -0.4 is 4.72 Å². The van der Waals surface area contributed by atoms with E-state index < -0.39 is 21.7 Å². The normalized spacial score (nSPS) is 14.6. The SMILES string of the molecule is CS(=O)(=O)Nc1cc(-c2ccc(F)cc2F)cc(-c2cnn3cc(-c4ncn(C5CCOCC5)n4)ccc23)c1. The highest BCUT2D eigenvalue weighted by molar-refractivity contribution is 7.92. The molecule has 9 nitrogen and oxygen atoms in total. The van der Waals surface area contributed by atoms with Gasteiger partial charge in [0.25, 0.3) is 0 Å². The molecule has 0 bridgehead atoms. The molecule has 39 heavy (non-hydrogen) atoms. The van der Waals surface area contributed by atoms with Gasteiger partial charge in [0.05, 0.1) is 24.0 Å². The summed E-state index contributed by atoms with van der Waals surface area (Å²) in [4.78, 5) is 4.48. The first-order chi connectivity index (χ1) is 18.7. The van der Waals surface area contributed by atoms with E-state index in [0.29, 0.717) is 35.7 Å². The zero-order valence-corrected chi connectivity index (χ0v) is 21.7. The summed E-state index contributed by atoms with van der Waals surface area (Å²) in [5.41, 5.74) is 3.59. The highest BCUT2D eigenvalue weighted by Gasteiger charge is 2.19. The summed E-state index contributed by atoms with van der Waals surface area (Å²) in [6.45, 7) is 1.41. The molecule has 2 aromatic carbocycles. The summed E-state index contributed by atoms with van der Waals surface area (Å²) in [6, 6.07) is 12.2. The van der Waals surface area contributed by atoms with E-state index in [4.69, 9.17) is 4.74 Å². The minimum Gasteiger partial charge on any atom is -0.381 e. The van der Waals surface area contributed by atoms with Crippen molar-refractivity contribution in [3.63, 3.8) is 0 Å². The molecule has 0 aliphatic carbocycles. The number of nitrogens with zero attached hydrogens (tertiary/aromatic N) is 5. The lowest BCUT2D eigenvalue weighted by Gasteiger charge is -2.21. The third-order valence-corrected chi connectivity index (χ3v) is 7.24. The van der Waals surface area contributed by atoms with Crippen LogP contribution in [0.5, 0.6) is 0 Å². The van der Waals surface area contributed by atoms with E-state index in [9.17, 15) is 17.2 Å². The van der Waals surface area contributed by atoms with Crippen molar-refractivity contribution >= 4 is 21.2 Å². The minimum atomic E-state index is -3.61. The number of hydrogen-bond donors (Lipinski definition) is 1. The standard InChI is InChI=1S/C27H24F2N6O3S/c1-39(36,37)33-21-11-18(23-4-3-20(28)13-25(23)29)10-19(12-21)24-14-31-34-15-17(2-5-26(24)34)27-30-16-35(32-27)22-6-8-38-9-7-22/h2-5,10-16,22,33H,6-9H2,1H3. The Labute approximate surface area is 223 Å². The van der Waals surface area contributed by atoms with Crippen LogP contribution in [0.2, 0.25) is 0 Å². The van der Waals surface area contributed by atoms with Gasteiger partial charge in [-0.3, -0.25) is 4.72 Å². The van der Waals surface area contributed by atoms with Crippen molar-refractivity contribution in [2.24, 2.45) is 0 Å². The second-order valence-electron chi connectivity index (χ2n) is 9.49. The van der Waals surface area contributed by atoms with Crippen molar-refractivity contribution in [2.75, 3.05) is 24.2 Å². The molecule has 12 heteroatoms. The largest absolute Gasteiger partial charge is 0.381 e. The Kier molecular flexibility index (Phi) is 6.35. The molecule has 200 valence electrons. The van der Waals surface area contributed by atoms with Crippen LogP contribution in [0, 0.1) is 11.6 Å². The van der Waals surface area contributed by atoms with Gasteiger partial charge in [-0.25, -0.2) is 31.4 Å². The molecule has 0 radical (unpaired) electrons. The summed E-state index contributed by atoms with van der Waals surface area (Å²) in [5, 5.41) is 9.15. The molecule has 3 aromatic heterocycles.